The Morgan fingerprint density at radius 3 is 2.50 bits per heavy atom. The average molecular weight is 283 g/mol. The summed E-state index contributed by atoms with van der Waals surface area (Å²) in [4.78, 5) is 14.9. The van der Waals surface area contributed by atoms with Crippen molar-refractivity contribution in [2.45, 2.75) is 0 Å². The molecule has 1 heterocycles. The molecule has 0 fully saturated rings. The number of hydrogen-bond donors (Lipinski definition) is 2. The number of carbonyl (C=O) groups is 1. The van der Waals surface area contributed by atoms with Gasteiger partial charge in [-0.05, 0) is 24.3 Å². The Balaban J connectivity index is 2.54. The van der Waals surface area contributed by atoms with E-state index in [1.54, 1.807) is 24.3 Å². The number of carboxylic acids is 1. The van der Waals surface area contributed by atoms with Gasteiger partial charge in [-0.25, -0.2) is 9.78 Å². The van der Waals surface area contributed by atoms with Gasteiger partial charge in [-0.2, -0.15) is 0 Å². The van der Waals surface area contributed by atoms with Gasteiger partial charge in [-0.15, -0.1) is 0 Å². The second-order valence-corrected chi connectivity index (χ2v) is 4.38. The summed E-state index contributed by atoms with van der Waals surface area (Å²) in [6, 6.07) is 8.07. The van der Waals surface area contributed by atoms with Crippen molar-refractivity contribution in [3.05, 3.63) is 46.1 Å². The summed E-state index contributed by atoms with van der Waals surface area (Å²) in [5, 5.41) is 9.75. The van der Waals surface area contributed by atoms with E-state index in [0.717, 1.165) is 0 Å². The number of nitrogen functional groups attached to an aromatic ring is 1. The average Bonchev–Trinajstić information content (AvgIpc) is 2.33. The number of aromatic nitrogens is 1. The van der Waals surface area contributed by atoms with Gasteiger partial charge in [0.2, 0.25) is 0 Å². The monoisotopic (exact) mass is 282 g/mol. The standard InChI is InChI=1S/C12H8Cl2N2O2/c13-7-2-1-6(5-8(7)14)10-4-3-9(15)11(16-10)12(17)18/h1-5H,15H2,(H,17,18). The van der Waals surface area contributed by atoms with E-state index < -0.39 is 5.97 Å². The summed E-state index contributed by atoms with van der Waals surface area (Å²) in [5.74, 6) is -1.17. The minimum atomic E-state index is -1.17. The van der Waals surface area contributed by atoms with E-state index in [2.05, 4.69) is 4.98 Å². The topological polar surface area (TPSA) is 76.2 Å². The van der Waals surface area contributed by atoms with Crippen LogP contribution in [0.3, 0.4) is 0 Å². The number of nitrogens with two attached hydrogens (primary N) is 1. The molecule has 0 bridgehead atoms. The molecular weight excluding hydrogens is 275 g/mol. The van der Waals surface area contributed by atoms with Crippen molar-refractivity contribution in [2.75, 3.05) is 5.73 Å². The first-order valence-electron chi connectivity index (χ1n) is 4.94. The van der Waals surface area contributed by atoms with Crippen LogP contribution in [0.4, 0.5) is 5.69 Å². The van der Waals surface area contributed by atoms with Crippen LogP contribution in [0.1, 0.15) is 10.5 Å². The highest BCUT2D eigenvalue weighted by Gasteiger charge is 2.12. The molecule has 0 aliphatic heterocycles. The summed E-state index contributed by atoms with van der Waals surface area (Å²) in [6.45, 7) is 0. The Labute approximate surface area is 113 Å². The molecule has 3 N–H and O–H groups in total. The zero-order valence-corrected chi connectivity index (χ0v) is 10.5. The van der Waals surface area contributed by atoms with Gasteiger partial charge in [-0.1, -0.05) is 29.3 Å². The molecule has 92 valence electrons. The lowest BCUT2D eigenvalue weighted by atomic mass is 10.1. The van der Waals surface area contributed by atoms with E-state index in [1.807, 2.05) is 0 Å². The molecule has 0 amide bonds. The van der Waals surface area contributed by atoms with Crippen molar-refractivity contribution in [1.29, 1.82) is 0 Å². The van der Waals surface area contributed by atoms with Gasteiger partial charge < -0.3 is 10.8 Å². The van der Waals surface area contributed by atoms with Crippen molar-refractivity contribution >= 4 is 34.9 Å². The second kappa shape index (κ2) is 4.84. The van der Waals surface area contributed by atoms with Crippen molar-refractivity contribution in [3.8, 4) is 11.3 Å². The van der Waals surface area contributed by atoms with Gasteiger partial charge in [-0.3, -0.25) is 0 Å². The van der Waals surface area contributed by atoms with E-state index in [1.165, 1.54) is 6.07 Å². The first kappa shape index (κ1) is 12.7. The van der Waals surface area contributed by atoms with Crippen LogP contribution in [0, 0.1) is 0 Å². The third kappa shape index (κ3) is 2.39. The zero-order chi connectivity index (χ0) is 13.3. The Morgan fingerprint density at radius 2 is 1.89 bits per heavy atom. The predicted molar refractivity (Wildman–Crippen MR) is 71.1 cm³/mol. The zero-order valence-electron chi connectivity index (χ0n) is 9.02. The highest BCUT2D eigenvalue weighted by atomic mass is 35.5. The Kier molecular flexibility index (Phi) is 3.41. The molecule has 6 heteroatoms. The molecule has 4 nitrogen and oxygen atoms in total. The van der Waals surface area contributed by atoms with Crippen LogP contribution in [-0.2, 0) is 0 Å². The first-order valence-corrected chi connectivity index (χ1v) is 5.70. The molecule has 0 radical (unpaired) electrons. The quantitative estimate of drug-likeness (QED) is 0.886. The Morgan fingerprint density at radius 1 is 1.17 bits per heavy atom. The number of nitrogens with zero attached hydrogens (tertiary/aromatic N) is 1. The van der Waals surface area contributed by atoms with Crippen LogP contribution in [0.15, 0.2) is 30.3 Å². The van der Waals surface area contributed by atoms with Crippen LogP contribution >= 0.6 is 23.2 Å². The molecule has 0 saturated heterocycles. The van der Waals surface area contributed by atoms with Crippen molar-refractivity contribution in [2.24, 2.45) is 0 Å². The number of halogens is 2. The van der Waals surface area contributed by atoms with Gasteiger partial charge in [0.15, 0.2) is 5.69 Å². The van der Waals surface area contributed by atoms with E-state index in [-0.39, 0.29) is 11.4 Å². The number of rotatable bonds is 2. The minimum absolute atomic E-state index is 0.117. The fourth-order valence-electron chi connectivity index (χ4n) is 1.46. The maximum absolute atomic E-state index is 10.9. The lowest BCUT2D eigenvalue weighted by Gasteiger charge is -2.05. The summed E-state index contributed by atoms with van der Waals surface area (Å²) < 4.78 is 0. The fraction of sp³-hybridized carbons (Fsp3) is 0. The highest BCUT2D eigenvalue weighted by Crippen LogP contribution is 2.28. The van der Waals surface area contributed by atoms with E-state index >= 15 is 0 Å². The van der Waals surface area contributed by atoms with E-state index in [4.69, 9.17) is 34.0 Å². The maximum atomic E-state index is 10.9. The molecule has 0 aliphatic rings. The minimum Gasteiger partial charge on any atom is -0.476 e. The molecule has 0 atom stereocenters. The molecular formula is C12H8Cl2N2O2. The number of carboxylic acid groups (broad SMARTS) is 1. The number of pyridine rings is 1. The molecule has 2 rings (SSSR count). The SMILES string of the molecule is Nc1ccc(-c2ccc(Cl)c(Cl)c2)nc1C(=O)O. The maximum Gasteiger partial charge on any atom is 0.356 e. The second-order valence-electron chi connectivity index (χ2n) is 3.57. The fourth-order valence-corrected chi connectivity index (χ4v) is 1.76. The van der Waals surface area contributed by atoms with Crippen LogP contribution in [-0.4, -0.2) is 16.1 Å². The first-order chi connectivity index (χ1) is 8.49. The summed E-state index contributed by atoms with van der Waals surface area (Å²) in [7, 11) is 0. The normalized spacial score (nSPS) is 10.3. The molecule has 1 aromatic carbocycles. The molecule has 0 spiro atoms. The number of hydrogen-bond acceptors (Lipinski definition) is 3. The van der Waals surface area contributed by atoms with Gasteiger partial charge in [0.1, 0.15) is 0 Å². The van der Waals surface area contributed by atoms with Crippen LogP contribution in [0.5, 0.6) is 0 Å². The smallest absolute Gasteiger partial charge is 0.356 e. The van der Waals surface area contributed by atoms with E-state index in [9.17, 15) is 4.79 Å². The molecule has 0 aliphatic carbocycles. The Hall–Kier alpha value is -1.78. The van der Waals surface area contributed by atoms with Gasteiger partial charge in [0.25, 0.3) is 0 Å². The van der Waals surface area contributed by atoms with Crippen molar-refractivity contribution < 1.29 is 9.90 Å². The number of benzene rings is 1. The van der Waals surface area contributed by atoms with Crippen LogP contribution in [0.25, 0.3) is 11.3 Å². The lowest BCUT2D eigenvalue weighted by Crippen LogP contribution is -2.06. The molecule has 0 unspecified atom stereocenters. The lowest BCUT2D eigenvalue weighted by molar-refractivity contribution is 0.0692. The predicted octanol–water partition coefficient (Wildman–Crippen LogP) is 3.34. The molecule has 1 aromatic heterocycles. The third-order valence-electron chi connectivity index (χ3n) is 2.34. The summed E-state index contributed by atoms with van der Waals surface area (Å²) >= 11 is 11.7. The van der Waals surface area contributed by atoms with Crippen LogP contribution in [0.2, 0.25) is 10.0 Å². The third-order valence-corrected chi connectivity index (χ3v) is 3.08. The van der Waals surface area contributed by atoms with E-state index in [0.29, 0.717) is 21.3 Å². The van der Waals surface area contributed by atoms with Gasteiger partial charge in [0.05, 0.1) is 21.4 Å². The summed E-state index contributed by atoms with van der Waals surface area (Å²) in [5.41, 5.74) is 6.61. The molecule has 2 aromatic rings. The largest absolute Gasteiger partial charge is 0.476 e. The van der Waals surface area contributed by atoms with Crippen LogP contribution < -0.4 is 5.73 Å². The number of aromatic carboxylic acids is 1. The van der Waals surface area contributed by atoms with Gasteiger partial charge >= 0.3 is 5.97 Å². The summed E-state index contributed by atoms with van der Waals surface area (Å²) in [6.07, 6.45) is 0. The molecule has 18 heavy (non-hydrogen) atoms. The van der Waals surface area contributed by atoms with Crippen molar-refractivity contribution in [1.82, 2.24) is 4.98 Å². The van der Waals surface area contributed by atoms with Gasteiger partial charge in [0, 0.05) is 5.56 Å². The molecule has 0 saturated carbocycles. The number of anilines is 1. The Bertz CT molecular complexity index is 629. The van der Waals surface area contributed by atoms with Crippen molar-refractivity contribution in [3.63, 3.8) is 0 Å². The highest BCUT2D eigenvalue weighted by molar-refractivity contribution is 6.42.